The van der Waals surface area contributed by atoms with E-state index in [-0.39, 0.29) is 0 Å². The van der Waals surface area contributed by atoms with Crippen molar-refractivity contribution in [3.63, 3.8) is 0 Å². The minimum Gasteiger partial charge on any atom is -0.377 e. The molecule has 2 aromatic carbocycles. The number of halogens is 1. The van der Waals surface area contributed by atoms with Gasteiger partial charge in [0.25, 0.3) is 0 Å². The molecule has 92 valence electrons. The zero-order chi connectivity index (χ0) is 12.5. The average Bonchev–Trinajstić information content (AvgIpc) is 2.76. The second-order valence-electron chi connectivity index (χ2n) is 4.50. The summed E-state index contributed by atoms with van der Waals surface area (Å²) in [5.74, 6) is 1.11. The quantitative estimate of drug-likeness (QED) is 0.834. The molecule has 0 bridgehead atoms. The molecule has 0 aliphatic carbocycles. The third kappa shape index (κ3) is 2.29. The molecule has 18 heavy (non-hydrogen) atoms. The molecule has 1 aliphatic heterocycles. The van der Waals surface area contributed by atoms with Crippen LogP contribution >= 0.6 is 27.7 Å². The van der Waals surface area contributed by atoms with Crippen molar-refractivity contribution in [2.75, 3.05) is 11.1 Å². The third-order valence-corrected chi connectivity index (χ3v) is 4.89. The van der Waals surface area contributed by atoms with Crippen molar-refractivity contribution in [1.29, 1.82) is 0 Å². The van der Waals surface area contributed by atoms with Gasteiger partial charge in [0.1, 0.15) is 0 Å². The maximum absolute atomic E-state index is 3.65. The number of hydrogen-bond acceptors (Lipinski definition) is 2. The van der Waals surface area contributed by atoms with Gasteiger partial charge in [0.05, 0.1) is 6.04 Å². The van der Waals surface area contributed by atoms with Crippen LogP contribution in [0.1, 0.15) is 17.2 Å². The van der Waals surface area contributed by atoms with Crippen molar-refractivity contribution < 1.29 is 0 Å². The van der Waals surface area contributed by atoms with Gasteiger partial charge < -0.3 is 5.32 Å². The van der Waals surface area contributed by atoms with E-state index < -0.39 is 0 Å². The van der Waals surface area contributed by atoms with E-state index in [1.54, 1.807) is 0 Å². The molecule has 0 spiro atoms. The van der Waals surface area contributed by atoms with E-state index in [4.69, 9.17) is 0 Å². The first-order valence-electron chi connectivity index (χ1n) is 5.98. The van der Waals surface area contributed by atoms with Gasteiger partial charge in [0.15, 0.2) is 0 Å². The summed E-state index contributed by atoms with van der Waals surface area (Å²) < 4.78 is 1.13. The lowest BCUT2D eigenvalue weighted by molar-refractivity contribution is 0.898. The lowest BCUT2D eigenvalue weighted by Gasteiger charge is -2.16. The Labute approximate surface area is 120 Å². The SMILES string of the molecule is Cc1cc(Br)ccc1NC1CSc2ccccc21. The van der Waals surface area contributed by atoms with Crippen LogP contribution in [-0.4, -0.2) is 5.75 Å². The highest BCUT2D eigenvalue weighted by molar-refractivity contribution is 9.10. The largest absolute Gasteiger partial charge is 0.377 e. The molecule has 0 aromatic heterocycles. The van der Waals surface area contributed by atoms with Gasteiger partial charge in [-0.05, 0) is 42.3 Å². The first-order valence-corrected chi connectivity index (χ1v) is 7.76. The van der Waals surface area contributed by atoms with E-state index in [0.717, 1.165) is 10.2 Å². The molecule has 1 unspecified atom stereocenters. The van der Waals surface area contributed by atoms with Crippen LogP contribution in [0.4, 0.5) is 5.69 Å². The van der Waals surface area contributed by atoms with E-state index in [2.05, 4.69) is 70.6 Å². The molecule has 0 fully saturated rings. The molecule has 0 amide bonds. The number of nitrogens with one attached hydrogen (secondary N) is 1. The van der Waals surface area contributed by atoms with Crippen molar-refractivity contribution in [3.05, 3.63) is 58.1 Å². The molecule has 0 radical (unpaired) electrons. The summed E-state index contributed by atoms with van der Waals surface area (Å²) >= 11 is 5.44. The van der Waals surface area contributed by atoms with Crippen molar-refractivity contribution in [1.82, 2.24) is 0 Å². The van der Waals surface area contributed by atoms with Crippen LogP contribution in [-0.2, 0) is 0 Å². The van der Waals surface area contributed by atoms with Gasteiger partial charge in [-0.25, -0.2) is 0 Å². The molecular formula is C15H14BrNS. The maximum atomic E-state index is 3.65. The number of rotatable bonds is 2. The van der Waals surface area contributed by atoms with Crippen molar-refractivity contribution in [2.24, 2.45) is 0 Å². The van der Waals surface area contributed by atoms with Crippen molar-refractivity contribution in [2.45, 2.75) is 17.9 Å². The monoisotopic (exact) mass is 319 g/mol. The fourth-order valence-electron chi connectivity index (χ4n) is 2.26. The van der Waals surface area contributed by atoms with E-state index in [9.17, 15) is 0 Å². The van der Waals surface area contributed by atoms with E-state index in [0.29, 0.717) is 6.04 Å². The first-order chi connectivity index (χ1) is 8.74. The lowest BCUT2D eigenvalue weighted by Crippen LogP contribution is -2.10. The molecule has 3 heteroatoms. The number of hydrogen-bond donors (Lipinski definition) is 1. The molecule has 1 heterocycles. The standard InChI is InChI=1S/C15H14BrNS/c1-10-8-11(16)6-7-13(10)17-14-9-18-15-5-3-2-4-12(14)15/h2-8,14,17H,9H2,1H3. The molecule has 3 rings (SSSR count). The summed E-state index contributed by atoms with van der Waals surface area (Å²) in [6.07, 6.45) is 0. The van der Waals surface area contributed by atoms with Crippen LogP contribution in [0.15, 0.2) is 51.8 Å². The topological polar surface area (TPSA) is 12.0 Å². The fraction of sp³-hybridized carbons (Fsp3) is 0.200. The Morgan fingerprint density at radius 2 is 2.06 bits per heavy atom. The van der Waals surface area contributed by atoms with Gasteiger partial charge in [0.2, 0.25) is 0 Å². The van der Waals surface area contributed by atoms with Gasteiger partial charge >= 0.3 is 0 Å². The van der Waals surface area contributed by atoms with Gasteiger partial charge in [0, 0.05) is 20.8 Å². The smallest absolute Gasteiger partial charge is 0.0618 e. The molecule has 1 nitrogen and oxygen atoms in total. The summed E-state index contributed by atoms with van der Waals surface area (Å²) in [5.41, 5.74) is 3.92. The highest BCUT2D eigenvalue weighted by Gasteiger charge is 2.22. The minimum atomic E-state index is 0.422. The van der Waals surface area contributed by atoms with Crippen molar-refractivity contribution in [3.8, 4) is 0 Å². The Morgan fingerprint density at radius 3 is 2.89 bits per heavy atom. The Kier molecular flexibility index (Phi) is 3.35. The average molecular weight is 320 g/mol. The summed E-state index contributed by atoms with van der Waals surface area (Å²) in [4.78, 5) is 1.41. The predicted octanol–water partition coefficient (Wildman–Crippen LogP) is 5.02. The molecule has 0 saturated carbocycles. The van der Waals surface area contributed by atoms with Crippen molar-refractivity contribution >= 4 is 33.4 Å². The molecule has 1 N–H and O–H groups in total. The second-order valence-corrected chi connectivity index (χ2v) is 6.48. The molecule has 1 aliphatic rings. The number of thioether (sulfide) groups is 1. The molecule has 2 aromatic rings. The summed E-state index contributed by atoms with van der Waals surface area (Å²) in [7, 11) is 0. The molecular weight excluding hydrogens is 306 g/mol. The Bertz CT molecular complexity index is 582. The Morgan fingerprint density at radius 1 is 1.22 bits per heavy atom. The zero-order valence-electron chi connectivity index (χ0n) is 10.1. The number of benzene rings is 2. The van der Waals surface area contributed by atoms with Crippen LogP contribution in [0.2, 0.25) is 0 Å². The molecule has 0 saturated heterocycles. The van der Waals surface area contributed by atoms with E-state index in [1.165, 1.54) is 21.7 Å². The Hall–Kier alpha value is -0.930. The first kappa shape index (κ1) is 12.1. The number of fused-ring (bicyclic) bond motifs is 1. The normalized spacial score (nSPS) is 17.6. The highest BCUT2D eigenvalue weighted by atomic mass is 79.9. The van der Waals surface area contributed by atoms with Crippen LogP contribution in [0.3, 0.4) is 0 Å². The molecule has 1 atom stereocenters. The van der Waals surface area contributed by atoms with Gasteiger partial charge in [-0.3, -0.25) is 0 Å². The van der Waals surface area contributed by atoms with Crippen LogP contribution in [0, 0.1) is 6.92 Å². The third-order valence-electron chi connectivity index (χ3n) is 3.22. The summed E-state index contributed by atoms with van der Waals surface area (Å²) in [6, 6.07) is 15.5. The van der Waals surface area contributed by atoms with Gasteiger partial charge in [-0.15, -0.1) is 11.8 Å². The highest BCUT2D eigenvalue weighted by Crippen LogP contribution is 2.40. The van der Waals surface area contributed by atoms with Crippen LogP contribution in [0.25, 0.3) is 0 Å². The fourth-order valence-corrected chi connectivity index (χ4v) is 3.90. The van der Waals surface area contributed by atoms with Crippen LogP contribution in [0.5, 0.6) is 0 Å². The summed E-state index contributed by atoms with van der Waals surface area (Å²) in [5, 5.41) is 3.65. The second kappa shape index (κ2) is 4.98. The van der Waals surface area contributed by atoms with E-state index >= 15 is 0 Å². The predicted molar refractivity (Wildman–Crippen MR) is 82.4 cm³/mol. The van der Waals surface area contributed by atoms with E-state index in [1.807, 2.05) is 11.8 Å². The number of anilines is 1. The van der Waals surface area contributed by atoms with Crippen LogP contribution < -0.4 is 5.32 Å². The maximum Gasteiger partial charge on any atom is 0.0618 e. The lowest BCUT2D eigenvalue weighted by atomic mass is 10.1. The Balaban J connectivity index is 1.86. The summed E-state index contributed by atoms with van der Waals surface area (Å²) in [6.45, 7) is 2.14. The van der Waals surface area contributed by atoms with Gasteiger partial charge in [-0.2, -0.15) is 0 Å². The number of aryl methyl sites for hydroxylation is 1. The van der Waals surface area contributed by atoms with Gasteiger partial charge in [-0.1, -0.05) is 34.1 Å². The zero-order valence-corrected chi connectivity index (χ0v) is 12.5. The minimum absolute atomic E-state index is 0.422.